The Bertz CT molecular complexity index is 3200. The highest BCUT2D eigenvalue weighted by molar-refractivity contribution is 7.88. The average molecular weight is 1270 g/mol. The van der Waals surface area contributed by atoms with E-state index in [1.807, 2.05) is 37.3 Å². The number of piperidine rings is 3. The average Bonchev–Trinajstić information content (AvgIpc) is 0.949. The number of aromatic nitrogens is 1. The monoisotopic (exact) mass is 1260 g/mol. The summed E-state index contributed by atoms with van der Waals surface area (Å²) in [7, 11) is -3.19. The molecule has 0 bridgehead atoms. The van der Waals surface area contributed by atoms with Gasteiger partial charge in [-0.25, -0.2) is 21.9 Å². The molecule has 3 N–H and O–H groups in total. The van der Waals surface area contributed by atoms with Crippen LogP contribution in [0.2, 0.25) is 0 Å². The first kappa shape index (κ1) is 69.2. The van der Waals surface area contributed by atoms with Gasteiger partial charge in [0.1, 0.15) is 17.7 Å². The van der Waals surface area contributed by atoms with Gasteiger partial charge in [-0.3, -0.25) is 19.4 Å². The number of amides is 3. The molecular weight excluding hydrogens is 1150 g/mol. The van der Waals surface area contributed by atoms with E-state index in [2.05, 4.69) is 109 Å². The molecule has 3 spiro atoms. The van der Waals surface area contributed by atoms with Crippen molar-refractivity contribution in [3.63, 3.8) is 0 Å². The van der Waals surface area contributed by atoms with E-state index in [4.69, 9.17) is 0 Å². The summed E-state index contributed by atoms with van der Waals surface area (Å²) in [6.45, 7) is 30.7. The normalized spacial score (nSPS) is 22.8. The van der Waals surface area contributed by atoms with Gasteiger partial charge in [0.15, 0.2) is 0 Å². The molecule has 11 rings (SSSR count). The second-order valence-corrected chi connectivity index (χ2v) is 32.6. The highest BCUT2D eigenvalue weighted by Crippen LogP contribution is 2.51. The maximum absolute atomic E-state index is 14.4. The molecule has 0 unspecified atom stereocenters. The highest BCUT2D eigenvalue weighted by Gasteiger charge is 2.46. The number of nitrogens with zero attached hydrogens (tertiary/aromatic N) is 5. The number of fused-ring (bicyclic) bond motifs is 6. The van der Waals surface area contributed by atoms with Crippen molar-refractivity contribution in [2.75, 3.05) is 71.7 Å². The Kier molecular flexibility index (Phi) is 22.6. The zero-order valence-electron chi connectivity index (χ0n) is 56.2. The molecule has 13 nitrogen and oxygen atoms in total. The van der Waals surface area contributed by atoms with Gasteiger partial charge in [-0.15, -0.1) is 0 Å². The van der Waals surface area contributed by atoms with Crippen LogP contribution in [0.4, 0.5) is 8.78 Å². The first-order valence-electron chi connectivity index (χ1n) is 34.2. The summed E-state index contributed by atoms with van der Waals surface area (Å²) in [4.78, 5) is 51.3. The fraction of sp³-hybridized carbons (Fsp3) is 0.649. The molecule has 4 saturated heterocycles. The predicted octanol–water partition coefficient (Wildman–Crippen LogP) is 13.9. The Hall–Kier alpha value is -5.13. The first-order valence-corrected chi connectivity index (χ1v) is 36.1. The van der Waals surface area contributed by atoms with Crippen molar-refractivity contribution in [3.8, 4) is 0 Å². The van der Waals surface area contributed by atoms with Crippen LogP contribution < -0.4 is 15.4 Å². The van der Waals surface area contributed by atoms with Crippen LogP contribution in [0.3, 0.4) is 0 Å². The predicted molar refractivity (Wildman–Crippen MR) is 364 cm³/mol. The van der Waals surface area contributed by atoms with E-state index in [1.165, 1.54) is 68.2 Å². The van der Waals surface area contributed by atoms with Gasteiger partial charge in [0.25, 0.3) is 0 Å². The number of sulfonamides is 1. The Labute approximate surface area is 543 Å². The number of carbonyl (C=O) groups is 3. The number of pyridine rings is 1. The minimum absolute atomic E-state index is 0. The quantitative estimate of drug-likeness (QED) is 0.106. The molecule has 16 heteroatoms. The lowest BCUT2D eigenvalue weighted by Gasteiger charge is -2.47. The minimum atomic E-state index is -3.19. The van der Waals surface area contributed by atoms with Gasteiger partial charge in [-0.1, -0.05) is 97.9 Å². The largest absolute Gasteiger partial charge is 0.349 e. The zero-order valence-corrected chi connectivity index (χ0v) is 57.0. The lowest BCUT2D eigenvalue weighted by atomic mass is 9.63. The minimum Gasteiger partial charge on any atom is -0.349 e. The second-order valence-electron chi connectivity index (χ2n) is 30.9. The van der Waals surface area contributed by atoms with E-state index in [-0.39, 0.29) is 68.0 Å². The van der Waals surface area contributed by atoms with E-state index < -0.39 is 16.1 Å². The number of hydrogen-bond donors (Lipinski definition) is 3. The Morgan fingerprint density at radius 1 is 0.622 bits per heavy atom. The fourth-order valence-corrected chi connectivity index (χ4v) is 16.5. The van der Waals surface area contributed by atoms with Gasteiger partial charge in [-0.2, -0.15) is 0 Å². The molecule has 500 valence electrons. The van der Waals surface area contributed by atoms with Crippen LogP contribution in [0.5, 0.6) is 0 Å². The van der Waals surface area contributed by atoms with Crippen LogP contribution in [0.15, 0.2) is 85.2 Å². The summed E-state index contributed by atoms with van der Waals surface area (Å²) >= 11 is 0. The standard InChI is InChI=1S/C27H40FN3O2.C27H36FN3O.C20H32N2O2S.3H2/c1-19(31-14-5-6-24(31)32)25(33)29-23-9-10-27(22-18-20(28)7-8-21(22)23)12-16-30(17-13-27)15-11-26(2,3)4;1-26(2,3)10-14-31-15-11-27(12-16-31)9-8-24(22-7-6-21(28)18-23(22)27)30-25(32)17-20-5-4-13-29-19-20;1-16(2)9-13-22-14-11-20(12-15-22)10-8-19(21-25(3,23)24)17-6-4-5-7-18(17)20;;;/h7-8,18-19,23H,5-6,9-17H2,1-4H3,(H,29,33);4-7,13,18-19,24H,8-12,14-17H2,1-3H3,(H,30,32);4-7,16,19,21H,8-15H2,1-3H3;3*1H/t19-,23-;24-;19-;;;/m100.../s1. The fourth-order valence-electron chi connectivity index (χ4n) is 15.7. The van der Waals surface area contributed by atoms with Gasteiger partial charge in [0.05, 0.1) is 24.8 Å². The summed E-state index contributed by atoms with van der Waals surface area (Å²) in [6, 6.07) is 21.8. The van der Waals surface area contributed by atoms with Gasteiger partial charge < -0.3 is 30.2 Å². The highest BCUT2D eigenvalue weighted by atomic mass is 32.2. The van der Waals surface area contributed by atoms with Gasteiger partial charge in [0, 0.05) is 35.7 Å². The summed E-state index contributed by atoms with van der Waals surface area (Å²) < 4.78 is 55.0. The third-order valence-corrected chi connectivity index (χ3v) is 22.1. The molecule has 4 atom stereocenters. The summed E-state index contributed by atoms with van der Waals surface area (Å²) in [5, 5.41) is 6.40. The van der Waals surface area contributed by atoms with Crippen LogP contribution in [0, 0.1) is 28.4 Å². The molecule has 0 saturated carbocycles. The van der Waals surface area contributed by atoms with Crippen molar-refractivity contribution in [1.82, 2.24) is 39.9 Å². The molecule has 7 aliphatic rings. The van der Waals surface area contributed by atoms with Crippen molar-refractivity contribution < 1.29 is 35.9 Å². The number of carbonyl (C=O) groups excluding carboxylic acids is 3. The number of likely N-dealkylation sites (tertiary alicyclic amines) is 4. The molecule has 5 heterocycles. The summed E-state index contributed by atoms with van der Waals surface area (Å²) in [5.74, 6) is 0.312. The topological polar surface area (TPSA) is 147 Å². The van der Waals surface area contributed by atoms with Crippen LogP contribution in [-0.2, 0) is 47.1 Å². The van der Waals surface area contributed by atoms with Crippen LogP contribution in [0.25, 0.3) is 0 Å². The summed E-state index contributed by atoms with van der Waals surface area (Å²) in [5.41, 5.74) is 8.76. The Balaban J connectivity index is 0.000000220. The lowest BCUT2D eigenvalue weighted by Crippen LogP contribution is -2.49. The van der Waals surface area contributed by atoms with Gasteiger partial charge >= 0.3 is 0 Å². The first-order chi connectivity index (χ1) is 42.6. The van der Waals surface area contributed by atoms with Crippen molar-refractivity contribution >= 4 is 27.7 Å². The number of benzene rings is 3. The number of nitrogens with one attached hydrogen (secondary N) is 3. The molecule has 4 aliphatic heterocycles. The molecule has 3 aromatic carbocycles. The maximum Gasteiger partial charge on any atom is 0.242 e. The van der Waals surface area contributed by atoms with Crippen molar-refractivity contribution in [2.24, 2.45) is 16.7 Å². The maximum atomic E-state index is 14.4. The van der Waals surface area contributed by atoms with Crippen molar-refractivity contribution in [2.45, 2.75) is 218 Å². The third kappa shape index (κ3) is 18.0. The van der Waals surface area contributed by atoms with Crippen molar-refractivity contribution in [3.05, 3.63) is 136 Å². The molecule has 3 aliphatic carbocycles. The van der Waals surface area contributed by atoms with Crippen LogP contribution >= 0.6 is 0 Å². The molecule has 3 amide bonds. The molecular formula is C74H114F2N8O5S. The van der Waals surface area contributed by atoms with E-state index in [0.29, 0.717) is 30.2 Å². The smallest absolute Gasteiger partial charge is 0.242 e. The Morgan fingerprint density at radius 2 is 1.10 bits per heavy atom. The molecule has 90 heavy (non-hydrogen) atoms. The third-order valence-electron chi connectivity index (χ3n) is 21.4. The Morgan fingerprint density at radius 3 is 1.57 bits per heavy atom. The van der Waals surface area contributed by atoms with E-state index in [1.54, 1.807) is 29.4 Å². The van der Waals surface area contributed by atoms with E-state index >= 15 is 0 Å². The second kappa shape index (κ2) is 29.4. The number of hydrogen-bond acceptors (Lipinski definition) is 9. The van der Waals surface area contributed by atoms with Crippen LogP contribution in [0.1, 0.15) is 233 Å². The molecule has 0 radical (unpaired) electrons. The van der Waals surface area contributed by atoms with Crippen LogP contribution in [-0.4, -0.2) is 128 Å². The number of rotatable bonds is 15. The van der Waals surface area contributed by atoms with Gasteiger partial charge in [0.2, 0.25) is 27.7 Å². The number of halogens is 2. The molecule has 1 aromatic heterocycles. The lowest BCUT2D eigenvalue weighted by molar-refractivity contribution is -0.137. The summed E-state index contributed by atoms with van der Waals surface area (Å²) in [6.07, 6.45) is 22.2. The van der Waals surface area contributed by atoms with Gasteiger partial charge in [-0.05, 0) is 271 Å². The van der Waals surface area contributed by atoms with E-state index in [0.717, 1.165) is 157 Å². The van der Waals surface area contributed by atoms with Crippen molar-refractivity contribution in [1.29, 1.82) is 0 Å². The molecule has 4 fully saturated rings. The van der Waals surface area contributed by atoms with E-state index in [9.17, 15) is 31.6 Å². The molecule has 4 aromatic rings. The zero-order chi connectivity index (χ0) is 64.7. The SMILES string of the molecule is CC(C)(C)CCN1CCC2(CC[C@H](NC(=O)Cc3cccnc3)c3ccc(F)cc32)CC1.CC(C)CCN1CCC2(CC[C@H](NS(C)(=O)=O)c3ccccc32)CC1.C[C@H](C(=O)N[C@@H]1CCC2(CCN(CCC(C)(C)C)CC2)c2cc(F)ccc21)N1CCCC1=O.[HH].[HH].[HH].